The minimum atomic E-state index is -1.12. The van der Waals surface area contributed by atoms with Gasteiger partial charge in [0, 0.05) is 13.1 Å². The lowest BCUT2D eigenvalue weighted by Crippen LogP contribution is -2.31. The van der Waals surface area contributed by atoms with Gasteiger partial charge in [0.2, 0.25) is 0 Å². The van der Waals surface area contributed by atoms with Crippen molar-refractivity contribution < 1.29 is 24.5 Å². The van der Waals surface area contributed by atoms with E-state index in [0.29, 0.717) is 5.75 Å². The van der Waals surface area contributed by atoms with Gasteiger partial charge in [-0.25, -0.2) is 0 Å². The quantitative estimate of drug-likeness (QED) is 0.801. The topological polar surface area (TPSA) is 87.1 Å². The van der Waals surface area contributed by atoms with Gasteiger partial charge in [-0.3, -0.25) is 9.59 Å². The zero-order valence-electron chi connectivity index (χ0n) is 9.51. The van der Waals surface area contributed by atoms with E-state index in [0.717, 1.165) is 4.90 Å². The third-order valence-electron chi connectivity index (χ3n) is 2.15. The van der Waals surface area contributed by atoms with E-state index in [-0.39, 0.29) is 11.3 Å². The first-order chi connectivity index (χ1) is 7.95. The summed E-state index contributed by atoms with van der Waals surface area (Å²) in [5, 5.41) is 18.2. The molecule has 0 heterocycles. The first-order valence-electron chi connectivity index (χ1n) is 4.80. The number of phenolic OH excluding ortho intramolecular Hbond substituents is 1. The molecule has 0 radical (unpaired) electrons. The molecule has 6 nitrogen and oxygen atoms in total. The highest BCUT2D eigenvalue weighted by Gasteiger charge is 2.18. The van der Waals surface area contributed by atoms with Crippen molar-refractivity contribution in [3.63, 3.8) is 0 Å². The Kier molecular flexibility index (Phi) is 3.92. The number of hydrogen-bond acceptors (Lipinski definition) is 4. The van der Waals surface area contributed by atoms with Gasteiger partial charge < -0.3 is 19.8 Å². The SMILES string of the molecule is COc1ccc(C(=O)N(C)CC(=O)O)c(O)c1. The predicted octanol–water partition coefficient (Wildman–Crippen LogP) is 0.557. The highest BCUT2D eigenvalue weighted by atomic mass is 16.5. The molecule has 6 heteroatoms. The van der Waals surface area contributed by atoms with E-state index in [9.17, 15) is 14.7 Å². The van der Waals surface area contributed by atoms with Crippen LogP contribution in [0.5, 0.6) is 11.5 Å². The van der Waals surface area contributed by atoms with Crippen molar-refractivity contribution >= 4 is 11.9 Å². The normalized spacial score (nSPS) is 9.76. The fourth-order valence-electron chi connectivity index (χ4n) is 1.30. The Balaban J connectivity index is 2.92. The lowest BCUT2D eigenvalue weighted by molar-refractivity contribution is -0.137. The molecule has 92 valence electrons. The maximum absolute atomic E-state index is 11.8. The molecule has 0 saturated heterocycles. The fraction of sp³-hybridized carbons (Fsp3) is 0.273. The monoisotopic (exact) mass is 239 g/mol. The number of aromatic hydroxyl groups is 1. The molecule has 0 spiro atoms. The molecule has 0 atom stereocenters. The standard InChI is InChI=1S/C11H13NO5/c1-12(6-10(14)15)11(16)8-4-3-7(17-2)5-9(8)13/h3-5,13H,6H2,1-2H3,(H,14,15). The number of benzene rings is 1. The number of carbonyl (C=O) groups excluding carboxylic acids is 1. The molecule has 0 unspecified atom stereocenters. The van der Waals surface area contributed by atoms with Crippen LogP contribution in [0.25, 0.3) is 0 Å². The average Bonchev–Trinajstić information content (AvgIpc) is 2.27. The number of methoxy groups -OCH3 is 1. The lowest BCUT2D eigenvalue weighted by Gasteiger charge is -2.15. The van der Waals surface area contributed by atoms with E-state index >= 15 is 0 Å². The molecule has 0 aliphatic carbocycles. The number of rotatable bonds is 4. The molecule has 1 rings (SSSR count). The van der Waals surface area contributed by atoms with Crippen LogP contribution < -0.4 is 4.74 Å². The number of hydrogen-bond donors (Lipinski definition) is 2. The molecule has 0 saturated carbocycles. The Labute approximate surface area is 98.0 Å². The maximum Gasteiger partial charge on any atom is 0.323 e. The van der Waals surface area contributed by atoms with E-state index in [1.165, 1.54) is 32.4 Å². The second-order valence-electron chi connectivity index (χ2n) is 3.44. The number of carboxylic acid groups (broad SMARTS) is 1. The van der Waals surface area contributed by atoms with Gasteiger partial charge in [0.25, 0.3) is 5.91 Å². The smallest absolute Gasteiger partial charge is 0.323 e. The van der Waals surface area contributed by atoms with Crippen LogP contribution in [0.4, 0.5) is 0 Å². The summed E-state index contributed by atoms with van der Waals surface area (Å²) in [6, 6.07) is 4.19. The van der Waals surface area contributed by atoms with E-state index in [1.54, 1.807) is 0 Å². The van der Waals surface area contributed by atoms with Crippen LogP contribution in [-0.2, 0) is 4.79 Å². The Morgan fingerprint density at radius 2 is 2.06 bits per heavy atom. The minimum absolute atomic E-state index is 0.0366. The average molecular weight is 239 g/mol. The van der Waals surface area contributed by atoms with Crippen LogP contribution in [0.1, 0.15) is 10.4 Å². The van der Waals surface area contributed by atoms with E-state index < -0.39 is 18.4 Å². The highest BCUT2D eigenvalue weighted by Crippen LogP contribution is 2.24. The van der Waals surface area contributed by atoms with Gasteiger partial charge >= 0.3 is 5.97 Å². The molecule has 0 bridgehead atoms. The van der Waals surface area contributed by atoms with E-state index in [4.69, 9.17) is 9.84 Å². The van der Waals surface area contributed by atoms with Crippen molar-refractivity contribution in [1.82, 2.24) is 4.90 Å². The number of nitrogens with zero attached hydrogens (tertiary/aromatic N) is 1. The van der Waals surface area contributed by atoms with Gasteiger partial charge in [0.1, 0.15) is 18.0 Å². The number of carbonyl (C=O) groups is 2. The van der Waals surface area contributed by atoms with Gasteiger partial charge in [-0.15, -0.1) is 0 Å². The molecule has 17 heavy (non-hydrogen) atoms. The molecule has 1 aromatic rings. The van der Waals surface area contributed by atoms with Crippen molar-refractivity contribution in [1.29, 1.82) is 0 Å². The van der Waals surface area contributed by atoms with Crippen molar-refractivity contribution in [2.75, 3.05) is 20.7 Å². The number of carboxylic acids is 1. The third-order valence-corrected chi connectivity index (χ3v) is 2.15. The van der Waals surface area contributed by atoms with E-state index in [2.05, 4.69) is 0 Å². The predicted molar refractivity (Wildman–Crippen MR) is 59.3 cm³/mol. The summed E-state index contributed by atoms with van der Waals surface area (Å²) in [6.45, 7) is -0.426. The molecule has 0 aliphatic heterocycles. The second kappa shape index (κ2) is 5.20. The summed E-state index contributed by atoms with van der Waals surface area (Å²) in [5.41, 5.74) is 0.0366. The third kappa shape index (κ3) is 3.10. The summed E-state index contributed by atoms with van der Waals surface area (Å²) in [5.74, 6) is -1.51. The van der Waals surface area contributed by atoms with Gasteiger partial charge in [0.05, 0.1) is 12.7 Å². The van der Waals surface area contributed by atoms with Gasteiger partial charge in [0.15, 0.2) is 0 Å². The van der Waals surface area contributed by atoms with Crippen molar-refractivity contribution in [2.24, 2.45) is 0 Å². The first kappa shape index (κ1) is 12.8. The fourth-order valence-corrected chi connectivity index (χ4v) is 1.30. The van der Waals surface area contributed by atoms with Crippen LogP contribution in [-0.4, -0.2) is 47.7 Å². The van der Waals surface area contributed by atoms with Crippen molar-refractivity contribution in [3.8, 4) is 11.5 Å². The molecule has 0 fully saturated rings. The molecule has 2 N–H and O–H groups in total. The highest BCUT2D eigenvalue weighted by molar-refractivity contribution is 5.98. The Hall–Kier alpha value is -2.24. The Morgan fingerprint density at radius 3 is 2.53 bits per heavy atom. The molecule has 1 amide bonds. The minimum Gasteiger partial charge on any atom is -0.507 e. The van der Waals surface area contributed by atoms with Gasteiger partial charge in [-0.2, -0.15) is 0 Å². The van der Waals surface area contributed by atoms with Crippen LogP contribution in [0.2, 0.25) is 0 Å². The zero-order valence-corrected chi connectivity index (χ0v) is 9.51. The number of phenols is 1. The van der Waals surface area contributed by atoms with E-state index in [1.807, 2.05) is 0 Å². The van der Waals surface area contributed by atoms with Crippen LogP contribution in [0.15, 0.2) is 18.2 Å². The van der Waals surface area contributed by atoms with Crippen molar-refractivity contribution in [3.05, 3.63) is 23.8 Å². The van der Waals surface area contributed by atoms with Gasteiger partial charge in [-0.05, 0) is 12.1 Å². The molecular weight excluding hydrogens is 226 g/mol. The van der Waals surface area contributed by atoms with Crippen LogP contribution in [0.3, 0.4) is 0 Å². The molecule has 0 aromatic heterocycles. The summed E-state index contributed by atoms with van der Waals surface area (Å²) in [7, 11) is 2.78. The first-order valence-corrected chi connectivity index (χ1v) is 4.80. The second-order valence-corrected chi connectivity index (χ2v) is 3.44. The van der Waals surface area contributed by atoms with Crippen LogP contribution >= 0.6 is 0 Å². The van der Waals surface area contributed by atoms with Crippen LogP contribution in [0, 0.1) is 0 Å². The largest absolute Gasteiger partial charge is 0.507 e. The zero-order chi connectivity index (χ0) is 13.0. The molecule has 0 aliphatic rings. The summed E-state index contributed by atoms with van der Waals surface area (Å²) in [6.07, 6.45) is 0. The molecular formula is C11H13NO5. The van der Waals surface area contributed by atoms with Gasteiger partial charge in [-0.1, -0.05) is 0 Å². The Morgan fingerprint density at radius 1 is 1.41 bits per heavy atom. The summed E-state index contributed by atoms with van der Waals surface area (Å²) >= 11 is 0. The lowest BCUT2D eigenvalue weighted by atomic mass is 10.1. The number of aliphatic carboxylic acids is 1. The number of amides is 1. The summed E-state index contributed by atoms with van der Waals surface area (Å²) in [4.78, 5) is 23.2. The summed E-state index contributed by atoms with van der Waals surface area (Å²) < 4.78 is 4.88. The number of likely N-dealkylation sites (N-methyl/N-ethyl adjacent to an activating group) is 1. The Bertz CT molecular complexity index is 443. The number of ether oxygens (including phenoxy) is 1. The maximum atomic E-state index is 11.8. The molecule has 1 aromatic carbocycles. The van der Waals surface area contributed by atoms with Crippen molar-refractivity contribution in [2.45, 2.75) is 0 Å².